The second-order valence-corrected chi connectivity index (χ2v) is 8.71. The summed E-state index contributed by atoms with van der Waals surface area (Å²) in [4.78, 5) is 41.6. The summed E-state index contributed by atoms with van der Waals surface area (Å²) in [5.41, 5.74) is 0.928. The van der Waals surface area contributed by atoms with Gasteiger partial charge >= 0.3 is 12.2 Å². The molecule has 0 aliphatic carbocycles. The number of rotatable bonds is 5. The van der Waals surface area contributed by atoms with Crippen LogP contribution < -0.4 is 15.1 Å². The van der Waals surface area contributed by atoms with Crippen molar-refractivity contribution < 1.29 is 28.6 Å². The molecule has 4 rings (SSSR count). The number of nitrogens with one attached hydrogen (secondary N) is 1. The number of benzene rings is 1. The van der Waals surface area contributed by atoms with Crippen molar-refractivity contribution in [3.05, 3.63) is 24.0 Å². The summed E-state index contributed by atoms with van der Waals surface area (Å²) in [6.07, 6.45) is -0.240. The molecule has 3 fully saturated rings. The van der Waals surface area contributed by atoms with E-state index in [1.165, 1.54) is 22.8 Å². The summed E-state index contributed by atoms with van der Waals surface area (Å²) in [5, 5.41) is 11.7. The first-order valence-corrected chi connectivity index (χ1v) is 11.3. The molecule has 3 saturated heterocycles. The number of piperidine rings is 1. The maximum absolute atomic E-state index is 15.0. The third-order valence-corrected chi connectivity index (χ3v) is 6.60. The standard InChI is InChI=1S/C22H30FN5O5/c1-15(29)24-13-18-14-28(22(32)33-18)17-2-3-20(19(23)12-17)26-10-8-25(9-11-26)16-4-6-27(7-5-16)21(30)31/h2-3,12,16,18H,4-11,13-14H2,1H3,(H,24,29)(H,30,31)/t18-/m1/s1. The molecule has 3 heterocycles. The van der Waals surface area contributed by atoms with Crippen LogP contribution in [0.15, 0.2) is 18.2 Å². The average Bonchev–Trinajstić information content (AvgIpc) is 3.18. The average molecular weight is 464 g/mol. The Morgan fingerprint density at radius 1 is 1.15 bits per heavy atom. The SMILES string of the molecule is CC(=O)NC[C@@H]1CN(c2ccc(N3CCN(C4CCN(C(=O)O)CC4)CC3)c(F)c2)C(=O)O1. The van der Waals surface area contributed by atoms with E-state index >= 15 is 0 Å². The topological polar surface area (TPSA) is 106 Å². The molecular weight excluding hydrogens is 433 g/mol. The van der Waals surface area contributed by atoms with Gasteiger partial charge in [0.1, 0.15) is 11.9 Å². The summed E-state index contributed by atoms with van der Waals surface area (Å²) < 4.78 is 20.2. The number of carboxylic acid groups (broad SMARTS) is 1. The quantitative estimate of drug-likeness (QED) is 0.683. The van der Waals surface area contributed by atoms with Gasteiger partial charge in [-0.15, -0.1) is 0 Å². The summed E-state index contributed by atoms with van der Waals surface area (Å²) in [5.74, 6) is -0.598. The molecule has 0 radical (unpaired) electrons. The number of halogens is 1. The van der Waals surface area contributed by atoms with Crippen LogP contribution in [0.2, 0.25) is 0 Å². The van der Waals surface area contributed by atoms with Crippen LogP contribution in [-0.2, 0) is 9.53 Å². The molecule has 2 N–H and O–H groups in total. The number of hydrogen-bond donors (Lipinski definition) is 2. The fourth-order valence-electron chi connectivity index (χ4n) is 4.77. The number of carbonyl (C=O) groups excluding carboxylic acids is 2. The van der Waals surface area contributed by atoms with Gasteiger partial charge in [-0.25, -0.2) is 14.0 Å². The monoisotopic (exact) mass is 463 g/mol. The predicted molar refractivity (Wildman–Crippen MR) is 119 cm³/mol. The largest absolute Gasteiger partial charge is 0.465 e. The number of amides is 3. The van der Waals surface area contributed by atoms with Crippen LogP contribution in [0, 0.1) is 5.82 Å². The molecule has 180 valence electrons. The van der Waals surface area contributed by atoms with Crippen molar-refractivity contribution in [3.8, 4) is 0 Å². The molecular formula is C22H30FN5O5. The van der Waals surface area contributed by atoms with Crippen molar-refractivity contribution in [1.29, 1.82) is 0 Å². The van der Waals surface area contributed by atoms with E-state index in [4.69, 9.17) is 9.84 Å². The van der Waals surface area contributed by atoms with E-state index in [0.717, 1.165) is 25.9 Å². The second kappa shape index (κ2) is 9.82. The Hall–Kier alpha value is -3.08. The first kappa shape index (κ1) is 23.1. The molecule has 1 atom stereocenters. The van der Waals surface area contributed by atoms with Gasteiger partial charge in [0.2, 0.25) is 5.91 Å². The molecule has 10 nitrogen and oxygen atoms in total. The van der Waals surface area contributed by atoms with Gasteiger partial charge in [0, 0.05) is 52.2 Å². The number of nitrogens with zero attached hydrogens (tertiary/aromatic N) is 4. The third kappa shape index (κ3) is 5.29. The number of carbonyl (C=O) groups is 3. The van der Waals surface area contributed by atoms with Crippen molar-refractivity contribution in [1.82, 2.24) is 15.1 Å². The Balaban J connectivity index is 1.31. The minimum atomic E-state index is -0.859. The van der Waals surface area contributed by atoms with Crippen molar-refractivity contribution in [2.24, 2.45) is 0 Å². The van der Waals surface area contributed by atoms with Gasteiger partial charge in [-0.05, 0) is 31.0 Å². The van der Waals surface area contributed by atoms with Gasteiger partial charge in [-0.3, -0.25) is 14.6 Å². The van der Waals surface area contributed by atoms with Crippen LogP contribution in [-0.4, -0.2) is 97.5 Å². The maximum Gasteiger partial charge on any atom is 0.414 e. The molecule has 33 heavy (non-hydrogen) atoms. The van der Waals surface area contributed by atoms with E-state index in [-0.39, 0.29) is 19.0 Å². The van der Waals surface area contributed by atoms with E-state index in [1.807, 2.05) is 4.90 Å². The molecule has 3 aliphatic heterocycles. The number of ether oxygens (including phenoxy) is 1. The van der Waals surface area contributed by atoms with Crippen LogP contribution in [0.4, 0.5) is 25.4 Å². The zero-order chi connectivity index (χ0) is 23.5. The Kier molecular flexibility index (Phi) is 6.87. The van der Waals surface area contributed by atoms with Crippen LogP contribution >= 0.6 is 0 Å². The van der Waals surface area contributed by atoms with E-state index in [1.54, 1.807) is 12.1 Å². The lowest BCUT2D eigenvalue weighted by Gasteiger charge is -2.43. The molecule has 11 heteroatoms. The predicted octanol–water partition coefficient (Wildman–Crippen LogP) is 1.55. The molecule has 1 aromatic carbocycles. The van der Waals surface area contributed by atoms with Crippen LogP contribution in [0.3, 0.4) is 0 Å². The van der Waals surface area contributed by atoms with Crippen molar-refractivity contribution in [2.75, 3.05) is 62.2 Å². The van der Waals surface area contributed by atoms with E-state index < -0.39 is 24.1 Å². The molecule has 0 saturated carbocycles. The van der Waals surface area contributed by atoms with Gasteiger partial charge in [-0.2, -0.15) is 0 Å². The molecule has 0 unspecified atom stereocenters. The fourth-order valence-corrected chi connectivity index (χ4v) is 4.77. The summed E-state index contributed by atoms with van der Waals surface area (Å²) in [7, 11) is 0. The molecule has 1 aromatic rings. The maximum atomic E-state index is 15.0. The summed E-state index contributed by atoms with van der Waals surface area (Å²) in [6, 6.07) is 5.13. The van der Waals surface area contributed by atoms with Crippen LogP contribution in [0.1, 0.15) is 19.8 Å². The van der Waals surface area contributed by atoms with E-state index in [9.17, 15) is 18.8 Å². The summed E-state index contributed by atoms with van der Waals surface area (Å²) in [6.45, 7) is 5.92. The number of likely N-dealkylation sites (tertiary alicyclic amines) is 1. The Morgan fingerprint density at radius 2 is 1.85 bits per heavy atom. The third-order valence-electron chi connectivity index (χ3n) is 6.60. The highest BCUT2D eigenvalue weighted by molar-refractivity contribution is 5.90. The smallest absolute Gasteiger partial charge is 0.414 e. The lowest BCUT2D eigenvalue weighted by Crippen LogP contribution is -2.53. The Morgan fingerprint density at radius 3 is 2.45 bits per heavy atom. The van der Waals surface area contributed by atoms with Gasteiger partial charge in [-0.1, -0.05) is 0 Å². The second-order valence-electron chi connectivity index (χ2n) is 8.71. The normalized spacial score (nSPS) is 22.4. The fraction of sp³-hybridized carbons (Fsp3) is 0.591. The van der Waals surface area contributed by atoms with Crippen molar-refractivity contribution in [2.45, 2.75) is 31.9 Å². The highest BCUT2D eigenvalue weighted by atomic mass is 19.1. The molecule has 3 amide bonds. The summed E-state index contributed by atoms with van der Waals surface area (Å²) >= 11 is 0. The molecule has 3 aliphatic rings. The highest BCUT2D eigenvalue weighted by Gasteiger charge is 2.33. The number of anilines is 2. The Bertz CT molecular complexity index is 899. The van der Waals surface area contributed by atoms with Crippen molar-refractivity contribution in [3.63, 3.8) is 0 Å². The van der Waals surface area contributed by atoms with Crippen molar-refractivity contribution >= 4 is 29.5 Å². The van der Waals surface area contributed by atoms with E-state index in [0.29, 0.717) is 43.6 Å². The molecule has 0 spiro atoms. The van der Waals surface area contributed by atoms with E-state index in [2.05, 4.69) is 10.2 Å². The zero-order valence-corrected chi connectivity index (χ0v) is 18.7. The van der Waals surface area contributed by atoms with Gasteiger partial charge in [0.15, 0.2) is 0 Å². The minimum absolute atomic E-state index is 0.203. The molecule has 0 aromatic heterocycles. The van der Waals surface area contributed by atoms with Gasteiger partial charge < -0.3 is 25.0 Å². The van der Waals surface area contributed by atoms with Gasteiger partial charge in [0.05, 0.1) is 24.5 Å². The van der Waals surface area contributed by atoms with Crippen LogP contribution in [0.25, 0.3) is 0 Å². The number of piperazine rings is 1. The Labute approximate surface area is 191 Å². The zero-order valence-electron chi connectivity index (χ0n) is 18.7. The molecule has 0 bridgehead atoms. The first-order valence-electron chi connectivity index (χ1n) is 11.3. The highest BCUT2D eigenvalue weighted by Crippen LogP contribution is 2.29. The van der Waals surface area contributed by atoms with Gasteiger partial charge in [0.25, 0.3) is 0 Å². The minimum Gasteiger partial charge on any atom is -0.465 e. The lowest BCUT2D eigenvalue weighted by molar-refractivity contribution is -0.119. The number of cyclic esters (lactones) is 1. The number of hydrogen-bond acceptors (Lipinski definition) is 6. The lowest BCUT2D eigenvalue weighted by atomic mass is 10.0. The van der Waals surface area contributed by atoms with Crippen LogP contribution in [0.5, 0.6) is 0 Å². The first-order chi connectivity index (χ1) is 15.8.